The molecule has 5 unspecified atom stereocenters. The SMILES string of the molecule is CC/C=C\C/C=C\C/C=C\C/C=C\C/C=C\CC(=O)OCC(COP(=O)(O)OCC(O)COP(=O)(O)OCC(COC(=O)CCCC/C=C\C/C=C\C/C=C\C/C=C\CC)OC(=O)CCCCCCC/C=C\C/C=C\C/C=C\CC)OC(=O)CCCCCCC/C=C\C/C=C\C/C=C\CC. The number of allylic oxidation sites excluding steroid dienone is 29. The first kappa shape index (κ1) is 94.2. The first-order valence-corrected chi connectivity index (χ1v) is 40.0. The normalized spacial score (nSPS) is 15.0. The molecule has 564 valence electrons. The van der Waals surface area contributed by atoms with E-state index in [1.54, 1.807) is 6.08 Å². The van der Waals surface area contributed by atoms with Gasteiger partial charge in [-0.05, 0) is 154 Å². The van der Waals surface area contributed by atoms with E-state index in [4.69, 9.17) is 37.0 Å². The van der Waals surface area contributed by atoms with E-state index in [1.807, 2.05) is 18.2 Å². The second-order valence-corrected chi connectivity index (χ2v) is 26.6. The molecule has 19 heteroatoms. The Bertz CT molecular complexity index is 2620. The van der Waals surface area contributed by atoms with Gasteiger partial charge in [0.15, 0.2) is 12.2 Å². The summed E-state index contributed by atoms with van der Waals surface area (Å²) in [6, 6.07) is 0. The second kappa shape index (κ2) is 71.6. The standard InChI is InChI=1S/C81H128O17P2/c1-5-9-13-17-21-25-29-33-37-41-45-49-53-57-61-65-78(83)91-71-76(97-80(85)67-63-59-55-51-47-43-39-35-31-27-23-19-15-11-7-3)73-95-99(87,88)93-69-75(82)70-94-100(89,90)96-74-77(98-81(86)68-64-60-56-52-48-44-40-36-32-28-24-20-16-12-8-4)72-92-79(84)66-62-58-54-50-46-42-38-34-30-26-22-18-14-10-6-2/h9-16,21-28,33-40,45-46,49-50,57,61,75-77,82H,5-8,17-20,29-32,41-44,47-48,51-56,58-60,62-74H2,1-4H3,(H,87,88)(H,89,90)/b13-9-,14-10-,15-11-,16-12-,25-21-,26-22-,27-23-,28-24-,37-33-,38-34-,39-35-,40-36-,49-45-,50-46-,61-57-. The number of phosphoric acid groups is 2. The van der Waals surface area contributed by atoms with Crippen molar-refractivity contribution in [2.45, 2.75) is 264 Å². The molecule has 0 saturated heterocycles. The molecule has 0 aromatic heterocycles. The highest BCUT2D eigenvalue weighted by Gasteiger charge is 2.30. The van der Waals surface area contributed by atoms with Gasteiger partial charge in [0.05, 0.1) is 32.8 Å². The van der Waals surface area contributed by atoms with E-state index in [0.717, 1.165) is 167 Å². The lowest BCUT2D eigenvalue weighted by molar-refractivity contribution is -0.161. The number of hydrogen-bond donors (Lipinski definition) is 3. The van der Waals surface area contributed by atoms with Crippen LogP contribution in [-0.2, 0) is 65.4 Å². The molecule has 17 nitrogen and oxygen atoms in total. The summed E-state index contributed by atoms with van der Waals surface area (Å²) in [6.45, 7) is 4.17. The number of ether oxygens (including phenoxy) is 4. The second-order valence-electron chi connectivity index (χ2n) is 23.7. The number of unbranched alkanes of at least 4 members (excludes halogenated alkanes) is 12. The summed E-state index contributed by atoms with van der Waals surface area (Å²) in [4.78, 5) is 72.8. The number of esters is 4. The number of aliphatic hydroxyl groups excluding tert-OH is 1. The zero-order valence-corrected chi connectivity index (χ0v) is 63.1. The van der Waals surface area contributed by atoms with Crippen molar-refractivity contribution in [1.29, 1.82) is 0 Å². The summed E-state index contributed by atoms with van der Waals surface area (Å²) in [5, 5.41) is 10.6. The van der Waals surface area contributed by atoms with E-state index in [-0.39, 0.29) is 25.7 Å². The first-order valence-electron chi connectivity index (χ1n) is 37.0. The fourth-order valence-corrected chi connectivity index (χ4v) is 10.5. The molecule has 100 heavy (non-hydrogen) atoms. The molecule has 3 N–H and O–H groups in total. The highest BCUT2D eigenvalue weighted by atomic mass is 31.2. The van der Waals surface area contributed by atoms with Gasteiger partial charge < -0.3 is 33.8 Å². The molecule has 0 aliphatic rings. The maximum Gasteiger partial charge on any atom is 0.472 e. The molecule has 0 bridgehead atoms. The number of aliphatic hydroxyl groups is 1. The predicted octanol–water partition coefficient (Wildman–Crippen LogP) is 21.2. The summed E-state index contributed by atoms with van der Waals surface area (Å²) in [6.07, 6.45) is 85.0. The van der Waals surface area contributed by atoms with Crippen molar-refractivity contribution in [3.05, 3.63) is 182 Å². The molecule has 0 rings (SSSR count). The van der Waals surface area contributed by atoms with Crippen LogP contribution in [0.4, 0.5) is 0 Å². The van der Waals surface area contributed by atoms with Crippen LogP contribution in [-0.4, -0.2) is 96.7 Å². The van der Waals surface area contributed by atoms with Gasteiger partial charge in [-0.2, -0.15) is 0 Å². The number of rotatable bonds is 67. The minimum atomic E-state index is -5.01. The Kier molecular flexibility index (Phi) is 67.4. The third-order valence-corrected chi connectivity index (χ3v) is 16.3. The van der Waals surface area contributed by atoms with Gasteiger partial charge in [-0.15, -0.1) is 0 Å². The van der Waals surface area contributed by atoms with E-state index in [1.165, 1.54) is 0 Å². The minimum Gasteiger partial charge on any atom is -0.462 e. The molecule has 0 aliphatic carbocycles. The molecule has 0 radical (unpaired) electrons. The quantitative estimate of drug-likeness (QED) is 0.0169. The molecule has 0 amide bonds. The van der Waals surface area contributed by atoms with Gasteiger partial charge in [-0.25, -0.2) is 9.13 Å². The molecule has 0 aliphatic heterocycles. The fraction of sp³-hybridized carbons (Fsp3) is 0.580. The van der Waals surface area contributed by atoms with Gasteiger partial charge in [-0.3, -0.25) is 37.3 Å². The number of phosphoric ester groups is 2. The van der Waals surface area contributed by atoms with Crippen LogP contribution in [0.2, 0.25) is 0 Å². The Labute approximate surface area is 603 Å². The maximum atomic E-state index is 13.1. The van der Waals surface area contributed by atoms with E-state index >= 15 is 0 Å². The summed E-state index contributed by atoms with van der Waals surface area (Å²) >= 11 is 0. The summed E-state index contributed by atoms with van der Waals surface area (Å²) in [7, 11) is -10.0. The van der Waals surface area contributed by atoms with Crippen molar-refractivity contribution in [2.24, 2.45) is 0 Å². The van der Waals surface area contributed by atoms with Crippen molar-refractivity contribution in [1.82, 2.24) is 0 Å². The molecule has 5 atom stereocenters. The molecule has 0 saturated carbocycles. The van der Waals surface area contributed by atoms with Crippen LogP contribution in [0.15, 0.2) is 182 Å². The highest BCUT2D eigenvalue weighted by molar-refractivity contribution is 7.47. The average Bonchev–Trinajstić information content (AvgIpc) is 1.01. The van der Waals surface area contributed by atoms with Crippen molar-refractivity contribution < 1.29 is 80.2 Å². The van der Waals surface area contributed by atoms with Crippen LogP contribution in [0.5, 0.6) is 0 Å². The first-order chi connectivity index (χ1) is 48.7. The summed E-state index contributed by atoms with van der Waals surface area (Å²) in [5.41, 5.74) is 0. The fourth-order valence-electron chi connectivity index (χ4n) is 8.90. The lowest BCUT2D eigenvalue weighted by atomic mass is 10.1. The molecule has 0 heterocycles. The molecule has 0 aromatic carbocycles. The van der Waals surface area contributed by atoms with Crippen LogP contribution in [0.25, 0.3) is 0 Å². The molecular formula is C81H128O17P2. The predicted molar refractivity (Wildman–Crippen MR) is 408 cm³/mol. The minimum absolute atomic E-state index is 0.0476. The molecule has 0 fully saturated rings. The van der Waals surface area contributed by atoms with Crippen LogP contribution < -0.4 is 0 Å². The van der Waals surface area contributed by atoms with Gasteiger partial charge in [0, 0.05) is 19.3 Å². The molecular weight excluding hydrogens is 1310 g/mol. The third-order valence-electron chi connectivity index (χ3n) is 14.4. The van der Waals surface area contributed by atoms with Gasteiger partial charge in [0.1, 0.15) is 19.3 Å². The van der Waals surface area contributed by atoms with Gasteiger partial charge in [0.2, 0.25) is 0 Å². The van der Waals surface area contributed by atoms with Gasteiger partial charge >= 0.3 is 39.5 Å². The largest absolute Gasteiger partial charge is 0.472 e. The Hall–Kier alpha value is -5.84. The van der Waals surface area contributed by atoms with Crippen LogP contribution in [0.1, 0.15) is 246 Å². The van der Waals surface area contributed by atoms with E-state index in [2.05, 4.69) is 186 Å². The van der Waals surface area contributed by atoms with Crippen LogP contribution >= 0.6 is 15.6 Å². The summed E-state index contributed by atoms with van der Waals surface area (Å²) in [5.74, 6) is -2.43. The molecule has 0 spiro atoms. The van der Waals surface area contributed by atoms with E-state index in [9.17, 15) is 43.2 Å². The number of carbonyl (C=O) groups is 4. The Balaban J connectivity index is 5.51. The lowest BCUT2D eigenvalue weighted by Crippen LogP contribution is -2.30. The van der Waals surface area contributed by atoms with Crippen molar-refractivity contribution in [3.63, 3.8) is 0 Å². The average molecular weight is 1440 g/mol. The zero-order valence-electron chi connectivity index (χ0n) is 61.3. The molecule has 0 aromatic rings. The zero-order chi connectivity index (χ0) is 73.2. The maximum absolute atomic E-state index is 13.1. The van der Waals surface area contributed by atoms with Gasteiger partial charge in [0.25, 0.3) is 0 Å². The third kappa shape index (κ3) is 70.6. The van der Waals surface area contributed by atoms with Crippen molar-refractivity contribution >= 4 is 39.5 Å². The van der Waals surface area contributed by atoms with E-state index in [0.29, 0.717) is 25.7 Å². The van der Waals surface area contributed by atoms with Crippen molar-refractivity contribution in [2.75, 3.05) is 39.6 Å². The van der Waals surface area contributed by atoms with Gasteiger partial charge in [-0.1, -0.05) is 249 Å². The van der Waals surface area contributed by atoms with Crippen LogP contribution in [0.3, 0.4) is 0 Å². The highest BCUT2D eigenvalue weighted by Crippen LogP contribution is 2.45. The topological polar surface area (TPSA) is 237 Å². The Morgan fingerprint density at radius 1 is 0.290 bits per heavy atom. The number of carbonyl (C=O) groups excluding carboxylic acids is 4. The Morgan fingerprint density at radius 2 is 0.530 bits per heavy atom. The smallest absolute Gasteiger partial charge is 0.462 e. The monoisotopic (exact) mass is 1430 g/mol. The number of hydrogen-bond acceptors (Lipinski definition) is 15. The van der Waals surface area contributed by atoms with Crippen LogP contribution in [0, 0.1) is 0 Å². The Morgan fingerprint density at radius 3 is 0.860 bits per heavy atom. The van der Waals surface area contributed by atoms with Crippen molar-refractivity contribution in [3.8, 4) is 0 Å². The summed E-state index contributed by atoms with van der Waals surface area (Å²) < 4.78 is 68.2. The lowest BCUT2D eigenvalue weighted by Gasteiger charge is -2.21. The van der Waals surface area contributed by atoms with E-state index < -0.39 is 97.5 Å².